The van der Waals surface area contributed by atoms with Crippen LogP contribution >= 0.6 is 11.6 Å². The van der Waals surface area contributed by atoms with Crippen LogP contribution in [-0.4, -0.2) is 20.4 Å². The van der Waals surface area contributed by atoms with Crippen molar-refractivity contribution < 1.29 is 4.79 Å². The molecular formula is C17H21ClN4O. The number of imidazole rings is 1. The first-order chi connectivity index (χ1) is 11.2. The minimum Gasteiger partial charge on any atom is -0.296 e. The Morgan fingerprint density at radius 2 is 2.17 bits per heavy atom. The lowest BCUT2D eigenvalue weighted by molar-refractivity contribution is -0.116. The van der Waals surface area contributed by atoms with E-state index in [1.807, 2.05) is 4.57 Å². The van der Waals surface area contributed by atoms with Crippen molar-refractivity contribution in [2.24, 2.45) is 5.92 Å². The number of hydrogen-bond donors (Lipinski definition) is 1. The van der Waals surface area contributed by atoms with Crippen molar-refractivity contribution in [3.63, 3.8) is 0 Å². The van der Waals surface area contributed by atoms with E-state index in [4.69, 9.17) is 11.6 Å². The summed E-state index contributed by atoms with van der Waals surface area (Å²) in [4.78, 5) is 21.0. The van der Waals surface area contributed by atoms with Gasteiger partial charge in [0.25, 0.3) is 0 Å². The summed E-state index contributed by atoms with van der Waals surface area (Å²) in [7, 11) is 0. The van der Waals surface area contributed by atoms with Gasteiger partial charge in [-0.05, 0) is 24.5 Å². The Morgan fingerprint density at radius 1 is 1.39 bits per heavy atom. The highest BCUT2D eigenvalue weighted by Gasteiger charge is 2.18. The minimum absolute atomic E-state index is 0.00335. The molecule has 0 atom stereocenters. The zero-order valence-electron chi connectivity index (χ0n) is 13.1. The number of nitrogens with one attached hydrogen (secondary N) is 1. The van der Waals surface area contributed by atoms with Gasteiger partial charge in [0.15, 0.2) is 5.65 Å². The van der Waals surface area contributed by atoms with Gasteiger partial charge in [-0.3, -0.25) is 14.7 Å². The summed E-state index contributed by atoms with van der Waals surface area (Å²) in [5, 5.41) is 3.31. The van der Waals surface area contributed by atoms with E-state index in [1.54, 1.807) is 18.2 Å². The number of allylic oxidation sites excluding steroid dienone is 1. The smallest absolute Gasteiger partial charge is 0.226 e. The van der Waals surface area contributed by atoms with Crippen LogP contribution < -0.4 is 5.32 Å². The van der Waals surface area contributed by atoms with Crippen LogP contribution in [0.1, 0.15) is 38.5 Å². The lowest BCUT2D eigenvalue weighted by atomic mass is 10.0. The molecule has 2 aromatic rings. The van der Waals surface area contributed by atoms with Crippen molar-refractivity contribution in [1.29, 1.82) is 0 Å². The van der Waals surface area contributed by atoms with Crippen LogP contribution in [0.2, 0.25) is 5.15 Å². The van der Waals surface area contributed by atoms with Crippen LogP contribution in [0.3, 0.4) is 0 Å². The highest BCUT2D eigenvalue weighted by Crippen LogP contribution is 2.28. The fourth-order valence-electron chi connectivity index (χ4n) is 3.20. The zero-order chi connectivity index (χ0) is 16.2. The molecule has 1 N–H and O–H groups in total. The second kappa shape index (κ2) is 7.13. The summed E-state index contributed by atoms with van der Waals surface area (Å²) in [6, 6.07) is 3.50. The highest BCUT2D eigenvalue weighted by atomic mass is 35.5. The Morgan fingerprint density at radius 3 is 2.91 bits per heavy atom. The Labute approximate surface area is 140 Å². The molecule has 0 bridgehead atoms. The number of halogens is 1. The van der Waals surface area contributed by atoms with E-state index in [1.165, 1.54) is 25.7 Å². The maximum absolute atomic E-state index is 12.2. The number of fused-ring (bicyclic) bond motifs is 1. The number of carbonyl (C=O) groups excluding carboxylic acids is 1. The molecule has 1 saturated carbocycles. The van der Waals surface area contributed by atoms with Gasteiger partial charge >= 0.3 is 0 Å². The molecule has 0 saturated heterocycles. The first-order valence-corrected chi connectivity index (χ1v) is 8.48. The lowest BCUT2D eigenvalue weighted by Crippen LogP contribution is -2.16. The molecule has 5 nitrogen and oxygen atoms in total. The van der Waals surface area contributed by atoms with Crippen molar-refractivity contribution in [1.82, 2.24) is 14.5 Å². The van der Waals surface area contributed by atoms with E-state index in [0.717, 1.165) is 6.42 Å². The average Bonchev–Trinajstić information content (AvgIpc) is 3.15. The summed E-state index contributed by atoms with van der Waals surface area (Å²) in [5.74, 6) is 1.21. The number of pyridine rings is 1. The zero-order valence-corrected chi connectivity index (χ0v) is 13.9. The summed E-state index contributed by atoms with van der Waals surface area (Å²) < 4.78 is 1.82. The topological polar surface area (TPSA) is 59.8 Å². The van der Waals surface area contributed by atoms with Gasteiger partial charge < -0.3 is 0 Å². The molecule has 2 aromatic heterocycles. The van der Waals surface area contributed by atoms with Gasteiger partial charge in [-0.25, -0.2) is 9.97 Å². The van der Waals surface area contributed by atoms with Gasteiger partial charge in [-0.2, -0.15) is 0 Å². The van der Waals surface area contributed by atoms with E-state index >= 15 is 0 Å². The van der Waals surface area contributed by atoms with Crippen LogP contribution in [0.25, 0.3) is 11.2 Å². The standard InChI is InChI=1S/C17H21ClN4O/c1-2-11-22-16-13(8-9-14(18)20-16)19-17(22)21-15(23)10-7-12-5-3-4-6-12/h2,8-9,12H,1,3-7,10-11H2,(H,19,21,23). The molecule has 0 spiro atoms. The van der Waals surface area contributed by atoms with E-state index in [2.05, 4.69) is 21.9 Å². The molecule has 0 aliphatic heterocycles. The second-order valence-electron chi connectivity index (χ2n) is 6.05. The second-order valence-corrected chi connectivity index (χ2v) is 6.44. The number of carbonyl (C=O) groups is 1. The Bertz CT molecular complexity index is 719. The average molecular weight is 333 g/mol. The monoisotopic (exact) mass is 332 g/mol. The van der Waals surface area contributed by atoms with Crippen LogP contribution in [0.4, 0.5) is 5.95 Å². The normalized spacial score (nSPS) is 15.2. The summed E-state index contributed by atoms with van der Waals surface area (Å²) in [6.45, 7) is 4.27. The van der Waals surface area contributed by atoms with Gasteiger partial charge in [0.05, 0.1) is 0 Å². The van der Waals surface area contributed by atoms with Gasteiger partial charge in [0, 0.05) is 13.0 Å². The molecule has 122 valence electrons. The van der Waals surface area contributed by atoms with Crippen LogP contribution in [0.15, 0.2) is 24.8 Å². The number of nitrogens with zero attached hydrogens (tertiary/aromatic N) is 3. The van der Waals surface area contributed by atoms with Gasteiger partial charge in [0.1, 0.15) is 10.7 Å². The third kappa shape index (κ3) is 3.72. The molecule has 1 amide bonds. The quantitative estimate of drug-likeness (QED) is 0.637. The van der Waals surface area contributed by atoms with Crippen LogP contribution in [0, 0.1) is 5.92 Å². The molecule has 0 aromatic carbocycles. The van der Waals surface area contributed by atoms with E-state index < -0.39 is 0 Å². The Kier molecular flexibility index (Phi) is 4.96. The van der Waals surface area contributed by atoms with E-state index in [0.29, 0.717) is 41.1 Å². The predicted molar refractivity (Wildman–Crippen MR) is 92.6 cm³/mol. The van der Waals surface area contributed by atoms with Gasteiger partial charge in [0.2, 0.25) is 11.9 Å². The molecule has 1 aliphatic carbocycles. The van der Waals surface area contributed by atoms with Crippen molar-refractivity contribution >= 4 is 34.6 Å². The molecule has 23 heavy (non-hydrogen) atoms. The van der Waals surface area contributed by atoms with Crippen molar-refractivity contribution in [2.45, 2.75) is 45.1 Å². The first kappa shape index (κ1) is 16.0. The predicted octanol–water partition coefficient (Wildman–Crippen LogP) is 4.18. The number of hydrogen-bond acceptors (Lipinski definition) is 3. The largest absolute Gasteiger partial charge is 0.296 e. The number of amides is 1. The first-order valence-electron chi connectivity index (χ1n) is 8.11. The van der Waals surface area contributed by atoms with Crippen LogP contribution in [-0.2, 0) is 11.3 Å². The molecule has 1 aliphatic rings. The van der Waals surface area contributed by atoms with E-state index in [-0.39, 0.29) is 5.91 Å². The maximum atomic E-state index is 12.2. The van der Waals surface area contributed by atoms with E-state index in [9.17, 15) is 4.79 Å². The summed E-state index contributed by atoms with van der Waals surface area (Å²) in [6.07, 6.45) is 8.35. The Hall–Kier alpha value is -1.88. The summed E-state index contributed by atoms with van der Waals surface area (Å²) >= 11 is 5.96. The minimum atomic E-state index is 0.00335. The fourth-order valence-corrected chi connectivity index (χ4v) is 3.34. The maximum Gasteiger partial charge on any atom is 0.226 e. The van der Waals surface area contributed by atoms with Gasteiger partial charge in [-0.1, -0.05) is 43.4 Å². The molecule has 1 fully saturated rings. The highest BCUT2D eigenvalue weighted by molar-refractivity contribution is 6.29. The summed E-state index contributed by atoms with van der Waals surface area (Å²) in [5.41, 5.74) is 1.37. The molecule has 3 rings (SSSR count). The molecule has 2 heterocycles. The van der Waals surface area contributed by atoms with Crippen molar-refractivity contribution in [2.75, 3.05) is 5.32 Å². The fraction of sp³-hybridized carbons (Fsp3) is 0.471. The number of anilines is 1. The number of rotatable bonds is 6. The Balaban J connectivity index is 1.74. The molecule has 0 unspecified atom stereocenters. The molecule has 0 radical (unpaired) electrons. The SMILES string of the molecule is C=CCn1c(NC(=O)CCC2CCCC2)nc2ccc(Cl)nc21. The third-order valence-electron chi connectivity index (χ3n) is 4.38. The van der Waals surface area contributed by atoms with Crippen molar-refractivity contribution in [3.8, 4) is 0 Å². The number of aromatic nitrogens is 3. The van der Waals surface area contributed by atoms with Crippen molar-refractivity contribution in [3.05, 3.63) is 29.9 Å². The molecule has 6 heteroatoms. The van der Waals surface area contributed by atoms with Crippen LogP contribution in [0.5, 0.6) is 0 Å². The van der Waals surface area contributed by atoms with Gasteiger partial charge in [-0.15, -0.1) is 6.58 Å². The molecular weight excluding hydrogens is 312 g/mol. The lowest BCUT2D eigenvalue weighted by Gasteiger charge is -2.10. The third-order valence-corrected chi connectivity index (χ3v) is 4.59.